The molecule has 4 rings (SSSR count). The second-order valence-corrected chi connectivity index (χ2v) is 9.24. The Morgan fingerprint density at radius 2 is 1.77 bits per heavy atom. The summed E-state index contributed by atoms with van der Waals surface area (Å²) in [5, 5.41) is 10.2. The first-order valence-corrected chi connectivity index (χ1v) is 12.4. The van der Waals surface area contributed by atoms with Crippen LogP contribution in [0.4, 0.5) is 5.69 Å². The lowest BCUT2D eigenvalue weighted by molar-refractivity contribution is -0.116. The highest BCUT2D eigenvalue weighted by atomic mass is 32.2. The van der Waals surface area contributed by atoms with Crippen molar-refractivity contribution in [1.82, 2.24) is 9.55 Å². The van der Waals surface area contributed by atoms with Gasteiger partial charge in [0.05, 0.1) is 35.7 Å². The maximum absolute atomic E-state index is 13.3. The predicted molar refractivity (Wildman–Crippen MR) is 141 cm³/mol. The van der Waals surface area contributed by atoms with Crippen molar-refractivity contribution in [2.75, 3.05) is 17.2 Å². The van der Waals surface area contributed by atoms with Crippen molar-refractivity contribution in [3.8, 4) is 6.07 Å². The number of thioether (sulfide) groups is 1. The van der Waals surface area contributed by atoms with E-state index in [1.165, 1.54) is 11.8 Å². The quantitative estimate of drug-likeness (QED) is 0.258. The number of rotatable bonds is 8. The van der Waals surface area contributed by atoms with Crippen molar-refractivity contribution in [1.29, 1.82) is 5.26 Å². The highest BCUT2D eigenvalue weighted by Crippen LogP contribution is 2.23. The zero-order valence-corrected chi connectivity index (χ0v) is 20.6. The lowest BCUT2D eigenvalue weighted by Crippen LogP contribution is -2.33. The van der Waals surface area contributed by atoms with Crippen LogP contribution in [0.15, 0.2) is 82.7 Å². The molecule has 6 nitrogen and oxygen atoms in total. The highest BCUT2D eigenvalue weighted by molar-refractivity contribution is 7.99. The van der Waals surface area contributed by atoms with Crippen LogP contribution in [0.25, 0.3) is 10.9 Å². The van der Waals surface area contributed by atoms with Crippen LogP contribution >= 0.6 is 11.8 Å². The van der Waals surface area contributed by atoms with Crippen LogP contribution < -0.4 is 10.5 Å². The van der Waals surface area contributed by atoms with Crippen LogP contribution in [0.1, 0.15) is 23.1 Å². The molecule has 3 aromatic carbocycles. The predicted octanol–water partition coefficient (Wildman–Crippen LogP) is 5.10. The molecule has 1 aromatic heterocycles. The van der Waals surface area contributed by atoms with Crippen LogP contribution in [0.2, 0.25) is 0 Å². The topological polar surface area (TPSA) is 79.0 Å². The molecule has 0 saturated carbocycles. The molecule has 7 heteroatoms. The molecule has 0 radical (unpaired) electrons. The van der Waals surface area contributed by atoms with Crippen molar-refractivity contribution in [3.63, 3.8) is 0 Å². The van der Waals surface area contributed by atoms with Gasteiger partial charge in [-0.2, -0.15) is 5.26 Å². The number of fused-ring (bicyclic) bond motifs is 1. The summed E-state index contributed by atoms with van der Waals surface area (Å²) >= 11 is 1.24. The van der Waals surface area contributed by atoms with Crippen molar-refractivity contribution in [2.24, 2.45) is 0 Å². The smallest absolute Gasteiger partial charge is 0.262 e. The van der Waals surface area contributed by atoms with Gasteiger partial charge in [0.25, 0.3) is 5.56 Å². The minimum atomic E-state index is -0.137. The van der Waals surface area contributed by atoms with Gasteiger partial charge in [0.15, 0.2) is 5.16 Å². The van der Waals surface area contributed by atoms with E-state index in [0.717, 1.165) is 22.4 Å². The van der Waals surface area contributed by atoms with Gasteiger partial charge in [-0.25, -0.2) is 4.98 Å². The zero-order valence-electron chi connectivity index (χ0n) is 19.8. The fourth-order valence-electron chi connectivity index (χ4n) is 3.82. The van der Waals surface area contributed by atoms with E-state index in [-0.39, 0.29) is 23.6 Å². The third kappa shape index (κ3) is 5.61. The van der Waals surface area contributed by atoms with Crippen molar-refractivity contribution in [3.05, 3.63) is 99.8 Å². The molecule has 0 fully saturated rings. The first-order chi connectivity index (χ1) is 17.0. The van der Waals surface area contributed by atoms with Gasteiger partial charge in [-0.15, -0.1) is 0 Å². The third-order valence-corrected chi connectivity index (χ3v) is 6.85. The largest absolute Gasteiger partial charge is 0.311 e. The molecule has 1 amide bonds. The molecule has 0 saturated heterocycles. The van der Waals surface area contributed by atoms with E-state index >= 15 is 0 Å². The molecule has 0 unspecified atom stereocenters. The lowest BCUT2D eigenvalue weighted by atomic mass is 10.1. The Kier molecular flexibility index (Phi) is 7.64. The number of anilines is 1. The fraction of sp³-hybridized carbons (Fsp3) is 0.214. The van der Waals surface area contributed by atoms with Crippen molar-refractivity contribution in [2.45, 2.75) is 32.0 Å². The number of aryl methyl sites for hydroxylation is 2. The van der Waals surface area contributed by atoms with E-state index < -0.39 is 0 Å². The fourth-order valence-corrected chi connectivity index (χ4v) is 4.70. The molecule has 1 heterocycles. The monoisotopic (exact) mass is 482 g/mol. The summed E-state index contributed by atoms with van der Waals surface area (Å²) in [5.41, 5.74) is 4.43. The first-order valence-electron chi connectivity index (χ1n) is 11.4. The van der Waals surface area contributed by atoms with E-state index in [0.29, 0.717) is 29.1 Å². The van der Waals surface area contributed by atoms with Crippen LogP contribution in [-0.2, 0) is 11.3 Å². The Balaban J connectivity index is 1.65. The summed E-state index contributed by atoms with van der Waals surface area (Å²) in [4.78, 5) is 33.0. The Morgan fingerprint density at radius 1 is 1.03 bits per heavy atom. The molecule has 4 aromatic rings. The second kappa shape index (κ2) is 11.0. The molecule has 0 bridgehead atoms. The number of carbonyl (C=O) groups is 1. The molecule has 176 valence electrons. The Bertz CT molecular complexity index is 1460. The number of nitriles is 1. The summed E-state index contributed by atoms with van der Waals surface area (Å²) < 4.78 is 1.63. The van der Waals surface area contributed by atoms with E-state index in [9.17, 15) is 9.59 Å². The standard InChI is InChI=1S/C28H26N4O2S/c1-20-13-14-23(17-21(20)2)31(16-8-15-29)26(33)19-35-28-30-25-12-7-6-11-24(25)27(34)32(28)18-22-9-4-3-5-10-22/h3-7,9-14,17H,8,16,18-19H2,1-2H3. The number of aromatic nitrogens is 2. The average molecular weight is 483 g/mol. The molecule has 0 spiro atoms. The summed E-state index contributed by atoms with van der Waals surface area (Å²) in [6.07, 6.45) is 0.232. The van der Waals surface area contributed by atoms with E-state index in [1.807, 2.05) is 80.6 Å². The highest BCUT2D eigenvalue weighted by Gasteiger charge is 2.19. The van der Waals surface area contributed by atoms with E-state index in [1.54, 1.807) is 15.5 Å². The maximum atomic E-state index is 13.3. The molecular formula is C28H26N4O2S. The summed E-state index contributed by atoms with van der Waals surface area (Å²) in [7, 11) is 0. The van der Waals surface area contributed by atoms with E-state index in [2.05, 4.69) is 6.07 Å². The van der Waals surface area contributed by atoms with Gasteiger partial charge in [-0.3, -0.25) is 14.2 Å². The number of hydrogen-bond donors (Lipinski definition) is 0. The number of benzene rings is 3. The SMILES string of the molecule is Cc1ccc(N(CCC#N)C(=O)CSc2nc3ccccc3c(=O)n2Cc2ccccc2)cc1C. The van der Waals surface area contributed by atoms with Gasteiger partial charge >= 0.3 is 0 Å². The van der Waals surface area contributed by atoms with Crippen LogP contribution in [0, 0.1) is 25.2 Å². The van der Waals surface area contributed by atoms with Gasteiger partial charge in [0.1, 0.15) is 0 Å². The van der Waals surface area contributed by atoms with Gasteiger partial charge in [-0.05, 0) is 54.8 Å². The first kappa shape index (κ1) is 24.2. The molecule has 0 aliphatic rings. The van der Waals surface area contributed by atoms with Crippen molar-refractivity contribution < 1.29 is 4.79 Å². The summed E-state index contributed by atoms with van der Waals surface area (Å²) in [6.45, 7) is 4.69. The number of hydrogen-bond acceptors (Lipinski definition) is 5. The van der Waals surface area contributed by atoms with Gasteiger partial charge < -0.3 is 4.90 Å². The van der Waals surface area contributed by atoms with Gasteiger partial charge in [0, 0.05) is 12.2 Å². The third-order valence-electron chi connectivity index (χ3n) is 5.89. The maximum Gasteiger partial charge on any atom is 0.262 e. The van der Waals surface area contributed by atoms with Gasteiger partial charge in [-0.1, -0.05) is 60.3 Å². The number of carbonyl (C=O) groups excluding carboxylic acids is 1. The normalized spacial score (nSPS) is 10.8. The Hall–Kier alpha value is -3.89. The Labute approximate surface area is 208 Å². The zero-order chi connectivity index (χ0) is 24.8. The molecule has 0 atom stereocenters. The van der Waals surface area contributed by atoms with Crippen LogP contribution in [0.5, 0.6) is 0 Å². The number of nitrogens with zero attached hydrogens (tertiary/aromatic N) is 4. The van der Waals surface area contributed by atoms with E-state index in [4.69, 9.17) is 10.2 Å². The molecule has 0 aliphatic carbocycles. The molecule has 35 heavy (non-hydrogen) atoms. The van der Waals surface area contributed by atoms with Crippen LogP contribution in [-0.4, -0.2) is 27.8 Å². The molecular weight excluding hydrogens is 456 g/mol. The Morgan fingerprint density at radius 3 is 2.51 bits per heavy atom. The summed E-state index contributed by atoms with van der Waals surface area (Å²) in [6, 6.07) is 25.0. The van der Waals surface area contributed by atoms with Gasteiger partial charge in [0.2, 0.25) is 5.91 Å². The minimum Gasteiger partial charge on any atom is -0.311 e. The minimum absolute atomic E-state index is 0.0952. The number of para-hydroxylation sites is 1. The average Bonchev–Trinajstić information content (AvgIpc) is 2.87. The van der Waals surface area contributed by atoms with Crippen molar-refractivity contribution >= 4 is 34.3 Å². The molecule has 0 N–H and O–H groups in total. The summed E-state index contributed by atoms with van der Waals surface area (Å²) in [5.74, 6) is -0.0417. The van der Waals surface area contributed by atoms with Crippen LogP contribution in [0.3, 0.4) is 0 Å². The second-order valence-electron chi connectivity index (χ2n) is 8.30. The lowest BCUT2D eigenvalue weighted by Gasteiger charge is -2.23. The molecule has 0 aliphatic heterocycles. The number of amides is 1.